The van der Waals surface area contributed by atoms with E-state index in [2.05, 4.69) is 5.32 Å². The molecule has 1 N–H and O–H groups in total. The summed E-state index contributed by atoms with van der Waals surface area (Å²) in [5, 5.41) is 3.47. The zero-order valence-electron chi connectivity index (χ0n) is 14.5. The van der Waals surface area contributed by atoms with Crippen molar-refractivity contribution in [2.45, 2.75) is 33.7 Å². The summed E-state index contributed by atoms with van der Waals surface area (Å²) in [7, 11) is -3.68. The molecule has 0 radical (unpaired) electrons. The van der Waals surface area contributed by atoms with E-state index in [4.69, 9.17) is 23.2 Å². The topological polar surface area (TPSA) is 66.5 Å². The molecule has 8 heteroatoms. The molecule has 136 valence electrons. The Hall–Kier alpha value is -0.980. The summed E-state index contributed by atoms with van der Waals surface area (Å²) in [5.41, 5.74) is 0.226. The molecule has 0 atom stereocenters. The third kappa shape index (κ3) is 5.83. The summed E-state index contributed by atoms with van der Waals surface area (Å²) >= 11 is 11.9. The van der Waals surface area contributed by atoms with Gasteiger partial charge in [-0.3, -0.25) is 9.10 Å². The van der Waals surface area contributed by atoms with Crippen LogP contribution in [0.15, 0.2) is 18.2 Å². The highest BCUT2D eigenvalue weighted by Crippen LogP contribution is 2.30. The Bertz CT molecular complexity index is 683. The molecule has 1 amide bonds. The zero-order chi connectivity index (χ0) is 18.7. The third-order valence-corrected chi connectivity index (χ3v) is 5.29. The van der Waals surface area contributed by atoms with Crippen LogP contribution in [-0.4, -0.2) is 33.2 Å². The fourth-order valence-electron chi connectivity index (χ4n) is 2.53. The van der Waals surface area contributed by atoms with E-state index in [0.29, 0.717) is 5.02 Å². The second-order valence-electron chi connectivity index (χ2n) is 6.45. The minimum absolute atomic E-state index is 0.0420. The Morgan fingerprint density at radius 1 is 1.17 bits per heavy atom. The van der Waals surface area contributed by atoms with Gasteiger partial charge in [0.05, 0.1) is 17.0 Å². The molecule has 0 fully saturated rings. The van der Waals surface area contributed by atoms with Crippen molar-refractivity contribution in [2.24, 2.45) is 11.8 Å². The van der Waals surface area contributed by atoms with Crippen molar-refractivity contribution in [1.29, 1.82) is 0 Å². The van der Waals surface area contributed by atoms with Gasteiger partial charge in [0.2, 0.25) is 15.9 Å². The Kier molecular flexibility index (Phi) is 7.38. The lowest BCUT2D eigenvalue weighted by Gasteiger charge is -2.28. The minimum Gasteiger partial charge on any atom is -0.351 e. The van der Waals surface area contributed by atoms with Gasteiger partial charge in [0, 0.05) is 11.1 Å². The van der Waals surface area contributed by atoms with E-state index in [9.17, 15) is 13.2 Å². The monoisotopic (exact) mass is 394 g/mol. The number of nitrogens with zero attached hydrogens (tertiary/aromatic N) is 1. The summed E-state index contributed by atoms with van der Waals surface area (Å²) in [6.45, 7) is 7.70. The van der Waals surface area contributed by atoms with E-state index in [0.717, 1.165) is 10.6 Å². The van der Waals surface area contributed by atoms with Crippen LogP contribution in [0.3, 0.4) is 0 Å². The van der Waals surface area contributed by atoms with Crippen molar-refractivity contribution in [3.63, 3.8) is 0 Å². The maximum atomic E-state index is 12.4. The first-order valence-corrected chi connectivity index (χ1v) is 10.3. The zero-order valence-corrected chi connectivity index (χ0v) is 16.8. The molecule has 1 aromatic rings. The average Bonchev–Trinajstić information content (AvgIpc) is 2.41. The number of hydrogen-bond acceptors (Lipinski definition) is 3. The minimum atomic E-state index is -3.68. The molecule has 0 aliphatic carbocycles. The molecule has 0 aliphatic heterocycles. The lowest BCUT2D eigenvalue weighted by molar-refractivity contribution is -0.121. The van der Waals surface area contributed by atoms with Crippen molar-refractivity contribution in [3.8, 4) is 0 Å². The summed E-state index contributed by atoms with van der Waals surface area (Å²) in [6.07, 6.45) is 1.04. The summed E-state index contributed by atoms with van der Waals surface area (Å²) in [5.74, 6) is 0.0957. The Morgan fingerprint density at radius 2 is 1.71 bits per heavy atom. The number of halogens is 2. The molecule has 1 rings (SSSR count). The lowest BCUT2D eigenvalue weighted by Crippen LogP contribution is -2.47. The number of nitrogens with one attached hydrogen (secondary N) is 1. The number of amides is 1. The normalized spacial score (nSPS) is 12.1. The van der Waals surface area contributed by atoms with Crippen molar-refractivity contribution in [1.82, 2.24) is 5.32 Å². The van der Waals surface area contributed by atoms with E-state index in [-0.39, 0.29) is 41.0 Å². The number of hydrogen-bond donors (Lipinski definition) is 1. The molecule has 0 bridgehead atoms. The Balaban J connectivity index is 3.06. The maximum Gasteiger partial charge on any atom is 0.241 e. The molecule has 24 heavy (non-hydrogen) atoms. The van der Waals surface area contributed by atoms with Gasteiger partial charge in [-0.25, -0.2) is 8.42 Å². The van der Waals surface area contributed by atoms with Crippen LogP contribution in [0.4, 0.5) is 5.69 Å². The van der Waals surface area contributed by atoms with Crippen molar-refractivity contribution in [2.75, 3.05) is 17.1 Å². The number of carbonyl (C=O) groups is 1. The molecule has 1 aromatic carbocycles. The van der Waals surface area contributed by atoms with Crippen LogP contribution in [0.1, 0.15) is 27.7 Å². The van der Waals surface area contributed by atoms with Crippen LogP contribution in [-0.2, 0) is 14.8 Å². The first-order chi connectivity index (χ1) is 10.9. The standard InChI is InChI=1S/C16H24Cl2N2O3S/c1-10(2)16(11(3)4)19-15(21)9-20(24(5,22)23)14-7-6-12(17)8-13(14)18/h6-8,10-11,16H,9H2,1-5H3,(H,19,21). The molecule has 0 aromatic heterocycles. The molecular formula is C16H24Cl2N2O3S. The molecule has 0 saturated carbocycles. The molecular weight excluding hydrogens is 371 g/mol. The number of sulfonamides is 1. The van der Waals surface area contributed by atoms with Gasteiger partial charge in [-0.2, -0.15) is 0 Å². The van der Waals surface area contributed by atoms with Gasteiger partial charge >= 0.3 is 0 Å². The van der Waals surface area contributed by atoms with Gasteiger partial charge in [0.15, 0.2) is 0 Å². The third-order valence-electron chi connectivity index (χ3n) is 3.63. The molecule has 0 saturated heterocycles. The van der Waals surface area contributed by atoms with Crippen LogP contribution in [0, 0.1) is 11.8 Å². The van der Waals surface area contributed by atoms with Crippen molar-refractivity contribution >= 4 is 44.8 Å². The molecule has 0 unspecified atom stereocenters. The number of anilines is 1. The van der Waals surface area contributed by atoms with Crippen molar-refractivity contribution in [3.05, 3.63) is 28.2 Å². The number of rotatable bonds is 7. The van der Waals surface area contributed by atoms with Gasteiger partial charge < -0.3 is 5.32 Å². The first-order valence-electron chi connectivity index (χ1n) is 7.65. The SMILES string of the molecule is CC(C)C(NC(=O)CN(c1ccc(Cl)cc1Cl)S(C)(=O)=O)C(C)C. The molecule has 0 heterocycles. The van der Waals surface area contributed by atoms with E-state index < -0.39 is 10.0 Å². The summed E-state index contributed by atoms with van der Waals surface area (Å²) in [6, 6.07) is 4.42. The van der Waals surface area contributed by atoms with E-state index in [1.54, 1.807) is 0 Å². The number of carbonyl (C=O) groups excluding carboxylic acids is 1. The largest absolute Gasteiger partial charge is 0.351 e. The van der Waals surface area contributed by atoms with Crippen LogP contribution >= 0.6 is 23.2 Å². The van der Waals surface area contributed by atoms with Crippen molar-refractivity contribution < 1.29 is 13.2 Å². The fourth-order valence-corrected chi connectivity index (χ4v) is 3.96. The van der Waals surface area contributed by atoms with Gasteiger partial charge in [-0.1, -0.05) is 50.9 Å². The smallest absolute Gasteiger partial charge is 0.241 e. The second-order valence-corrected chi connectivity index (χ2v) is 9.20. The lowest BCUT2D eigenvalue weighted by atomic mass is 9.93. The average molecular weight is 395 g/mol. The van der Waals surface area contributed by atoms with Gasteiger partial charge in [-0.15, -0.1) is 0 Å². The van der Waals surface area contributed by atoms with Crippen LogP contribution < -0.4 is 9.62 Å². The van der Waals surface area contributed by atoms with E-state index >= 15 is 0 Å². The van der Waals surface area contributed by atoms with Gasteiger partial charge in [0.25, 0.3) is 0 Å². The first kappa shape index (κ1) is 21.1. The second kappa shape index (κ2) is 8.41. The van der Waals surface area contributed by atoms with Crippen LogP contribution in [0.25, 0.3) is 0 Å². The molecule has 5 nitrogen and oxygen atoms in total. The maximum absolute atomic E-state index is 12.4. The Morgan fingerprint density at radius 3 is 2.12 bits per heavy atom. The molecule has 0 aliphatic rings. The van der Waals surface area contributed by atoms with E-state index in [1.165, 1.54) is 18.2 Å². The number of benzene rings is 1. The fraction of sp³-hybridized carbons (Fsp3) is 0.562. The van der Waals surface area contributed by atoms with Gasteiger partial charge in [-0.05, 0) is 30.0 Å². The predicted molar refractivity (Wildman–Crippen MR) is 100 cm³/mol. The summed E-state index contributed by atoms with van der Waals surface area (Å²) < 4.78 is 25.2. The van der Waals surface area contributed by atoms with Crippen LogP contribution in [0.2, 0.25) is 10.0 Å². The van der Waals surface area contributed by atoms with E-state index in [1.807, 2.05) is 27.7 Å². The quantitative estimate of drug-likeness (QED) is 0.768. The predicted octanol–water partition coefficient (Wildman–Crippen LogP) is 3.56. The highest BCUT2D eigenvalue weighted by Gasteiger charge is 2.26. The van der Waals surface area contributed by atoms with Crippen LogP contribution in [0.5, 0.6) is 0 Å². The highest BCUT2D eigenvalue weighted by molar-refractivity contribution is 7.92. The van der Waals surface area contributed by atoms with Gasteiger partial charge in [0.1, 0.15) is 6.54 Å². The molecule has 0 spiro atoms. The summed E-state index contributed by atoms with van der Waals surface area (Å²) in [4.78, 5) is 12.4. The highest BCUT2D eigenvalue weighted by atomic mass is 35.5. The Labute approximate surface area is 154 Å².